The number of ether oxygens (including phenoxy) is 2. The van der Waals surface area contributed by atoms with Crippen molar-refractivity contribution in [1.82, 2.24) is 14.7 Å². The molecule has 2 aliphatic rings. The number of rotatable bonds is 11. The highest BCUT2D eigenvalue weighted by Gasteiger charge is 2.38. The van der Waals surface area contributed by atoms with Crippen LogP contribution in [0.15, 0.2) is 24.4 Å². The van der Waals surface area contributed by atoms with Gasteiger partial charge in [-0.15, -0.1) is 0 Å². The van der Waals surface area contributed by atoms with Gasteiger partial charge in [0.2, 0.25) is 5.91 Å². The maximum absolute atomic E-state index is 14.3. The van der Waals surface area contributed by atoms with E-state index in [0.29, 0.717) is 45.6 Å². The average molecular weight is 582 g/mol. The Morgan fingerprint density at radius 2 is 1.80 bits per heavy atom. The zero-order chi connectivity index (χ0) is 28.9. The standard InChI is InChI=1S/C29H42F3N3O4Si/c1-40(2,3)16-15-38-19-35-25(12-13-33-35)22-5-4-14-34(27(37)17-36)26(22)18-39-21-8-6-20(7-9-21)28-23(30)10-11-24(31)29(28)32/h10-13,20-22,26,36H,4-9,14-19H2,1-3H3. The molecule has 0 radical (unpaired) electrons. The van der Waals surface area contributed by atoms with Gasteiger partial charge in [-0.25, -0.2) is 17.9 Å². The molecule has 222 valence electrons. The fraction of sp³-hybridized carbons (Fsp3) is 0.655. The predicted molar refractivity (Wildman–Crippen MR) is 148 cm³/mol. The molecular formula is C29H42F3N3O4Si. The van der Waals surface area contributed by atoms with Crippen LogP contribution >= 0.6 is 0 Å². The molecular weight excluding hydrogens is 539 g/mol. The first-order valence-electron chi connectivity index (χ1n) is 14.3. The van der Waals surface area contributed by atoms with Crippen LogP contribution in [0.3, 0.4) is 0 Å². The summed E-state index contributed by atoms with van der Waals surface area (Å²) in [6.45, 7) is 8.16. The van der Waals surface area contributed by atoms with Crippen LogP contribution in [0.25, 0.3) is 0 Å². The molecule has 1 aromatic heterocycles. The molecule has 2 atom stereocenters. The summed E-state index contributed by atoms with van der Waals surface area (Å²) in [5, 5.41) is 14.1. The molecule has 1 aliphatic heterocycles. The van der Waals surface area contributed by atoms with E-state index in [-0.39, 0.29) is 36.1 Å². The lowest BCUT2D eigenvalue weighted by molar-refractivity contribution is -0.141. The van der Waals surface area contributed by atoms with Gasteiger partial charge in [0.25, 0.3) is 0 Å². The molecule has 2 heterocycles. The number of aliphatic hydroxyl groups is 1. The first-order chi connectivity index (χ1) is 19.1. The molecule has 7 nitrogen and oxygen atoms in total. The Bertz CT molecular complexity index is 1130. The molecule has 2 fully saturated rings. The van der Waals surface area contributed by atoms with Gasteiger partial charge in [-0.2, -0.15) is 5.10 Å². The Morgan fingerprint density at radius 3 is 2.50 bits per heavy atom. The number of carbonyl (C=O) groups excluding carboxylic acids is 1. The van der Waals surface area contributed by atoms with Crippen molar-refractivity contribution in [3.8, 4) is 0 Å². The Labute approximate surface area is 235 Å². The van der Waals surface area contributed by atoms with Gasteiger partial charge in [0.15, 0.2) is 11.6 Å². The molecule has 1 amide bonds. The second kappa shape index (κ2) is 13.6. The minimum absolute atomic E-state index is 0.0424. The number of aromatic nitrogens is 2. The molecule has 40 heavy (non-hydrogen) atoms. The fourth-order valence-corrected chi connectivity index (χ4v) is 6.73. The lowest BCUT2D eigenvalue weighted by Gasteiger charge is -2.42. The van der Waals surface area contributed by atoms with Gasteiger partial charge in [-0.1, -0.05) is 19.6 Å². The maximum Gasteiger partial charge on any atom is 0.248 e. The summed E-state index contributed by atoms with van der Waals surface area (Å²) in [6, 6.07) is 4.52. The summed E-state index contributed by atoms with van der Waals surface area (Å²) in [6.07, 6.45) is 5.36. The van der Waals surface area contributed by atoms with Gasteiger partial charge in [0.05, 0.1) is 18.8 Å². The second-order valence-electron chi connectivity index (χ2n) is 12.2. The number of amides is 1. The summed E-state index contributed by atoms with van der Waals surface area (Å²) in [4.78, 5) is 14.4. The van der Waals surface area contributed by atoms with Crippen LogP contribution in [0.4, 0.5) is 13.2 Å². The van der Waals surface area contributed by atoms with E-state index in [1.165, 1.54) is 0 Å². The van der Waals surface area contributed by atoms with Crippen LogP contribution in [0.5, 0.6) is 0 Å². The number of carbonyl (C=O) groups is 1. The van der Waals surface area contributed by atoms with Crippen molar-refractivity contribution in [2.24, 2.45) is 0 Å². The first-order valence-corrected chi connectivity index (χ1v) is 18.0. The van der Waals surface area contributed by atoms with Gasteiger partial charge < -0.3 is 19.5 Å². The van der Waals surface area contributed by atoms with Crippen molar-refractivity contribution in [1.29, 1.82) is 0 Å². The van der Waals surface area contributed by atoms with Crippen LogP contribution in [0.2, 0.25) is 25.7 Å². The number of hydrogen-bond acceptors (Lipinski definition) is 5. The third-order valence-electron chi connectivity index (χ3n) is 8.24. The molecule has 1 saturated heterocycles. The quantitative estimate of drug-likeness (QED) is 0.218. The van der Waals surface area contributed by atoms with Crippen LogP contribution in [-0.2, 0) is 21.0 Å². The molecule has 0 bridgehead atoms. The number of halogens is 3. The van der Waals surface area contributed by atoms with Gasteiger partial charge in [-0.3, -0.25) is 4.79 Å². The van der Waals surface area contributed by atoms with Gasteiger partial charge in [-0.05, 0) is 68.7 Å². The Kier molecular flexibility index (Phi) is 10.5. The largest absolute Gasteiger partial charge is 0.387 e. The van der Waals surface area contributed by atoms with Crippen molar-refractivity contribution in [3.63, 3.8) is 0 Å². The van der Waals surface area contributed by atoms with Gasteiger partial charge >= 0.3 is 0 Å². The second-order valence-corrected chi connectivity index (χ2v) is 17.9. The summed E-state index contributed by atoms with van der Waals surface area (Å²) in [5.41, 5.74) is 0.795. The summed E-state index contributed by atoms with van der Waals surface area (Å²) >= 11 is 0. The van der Waals surface area contributed by atoms with Crippen molar-refractivity contribution in [3.05, 3.63) is 53.1 Å². The zero-order valence-corrected chi connectivity index (χ0v) is 24.8. The number of aliphatic hydroxyl groups excluding tert-OH is 1. The van der Waals surface area contributed by atoms with E-state index < -0.39 is 38.1 Å². The molecule has 4 rings (SSSR count). The summed E-state index contributed by atoms with van der Waals surface area (Å²) in [5.74, 6) is -3.63. The number of piperidine rings is 1. The minimum Gasteiger partial charge on any atom is -0.387 e. The van der Waals surface area contributed by atoms with Crippen molar-refractivity contribution in [2.75, 3.05) is 26.4 Å². The van der Waals surface area contributed by atoms with E-state index in [1.54, 1.807) is 11.1 Å². The highest BCUT2D eigenvalue weighted by Crippen LogP contribution is 2.38. The van der Waals surface area contributed by atoms with E-state index in [4.69, 9.17) is 9.47 Å². The van der Waals surface area contributed by atoms with Crippen molar-refractivity contribution in [2.45, 2.75) is 94.9 Å². The lowest BCUT2D eigenvalue weighted by atomic mass is 9.82. The average Bonchev–Trinajstić information content (AvgIpc) is 3.40. The molecule has 2 unspecified atom stereocenters. The van der Waals surface area contributed by atoms with Crippen LogP contribution in [0, 0.1) is 17.5 Å². The lowest BCUT2D eigenvalue weighted by Crippen LogP contribution is -2.51. The number of likely N-dealkylation sites (tertiary alicyclic amines) is 1. The SMILES string of the molecule is C[Si](C)(C)CCOCn1nccc1C1CCCN(C(=O)CO)C1COC1CCC(c2c(F)ccc(F)c2F)CC1. The molecule has 0 spiro atoms. The maximum atomic E-state index is 14.3. The Hall–Kier alpha value is -2.21. The van der Waals surface area contributed by atoms with Crippen LogP contribution in [-0.4, -0.2) is 72.3 Å². The highest BCUT2D eigenvalue weighted by atomic mass is 28.3. The van der Waals surface area contributed by atoms with E-state index in [2.05, 4.69) is 24.7 Å². The Balaban J connectivity index is 1.41. The third kappa shape index (κ3) is 7.54. The number of benzene rings is 1. The fourth-order valence-electron chi connectivity index (χ4n) is 5.97. The molecule has 2 aromatic rings. The topological polar surface area (TPSA) is 76.8 Å². The van der Waals surface area contributed by atoms with E-state index >= 15 is 0 Å². The van der Waals surface area contributed by atoms with Crippen molar-refractivity contribution < 1.29 is 32.5 Å². The Morgan fingerprint density at radius 1 is 1.07 bits per heavy atom. The first kappa shape index (κ1) is 30.7. The van der Waals surface area contributed by atoms with Crippen LogP contribution in [0.1, 0.15) is 61.6 Å². The monoisotopic (exact) mass is 581 g/mol. The normalized spacial score (nSPS) is 23.9. The van der Waals surface area contributed by atoms with Crippen molar-refractivity contribution >= 4 is 14.0 Å². The smallest absolute Gasteiger partial charge is 0.248 e. The number of nitrogens with zero attached hydrogens (tertiary/aromatic N) is 3. The molecule has 1 aliphatic carbocycles. The minimum atomic E-state index is -1.21. The highest BCUT2D eigenvalue weighted by molar-refractivity contribution is 6.76. The van der Waals surface area contributed by atoms with E-state index in [9.17, 15) is 23.1 Å². The van der Waals surface area contributed by atoms with Crippen LogP contribution < -0.4 is 0 Å². The molecule has 1 saturated carbocycles. The number of hydrogen-bond donors (Lipinski definition) is 1. The zero-order valence-electron chi connectivity index (χ0n) is 23.8. The molecule has 11 heteroatoms. The van der Waals surface area contributed by atoms with Gasteiger partial charge in [0, 0.05) is 44.6 Å². The van der Waals surface area contributed by atoms with E-state index in [1.807, 2.05) is 10.7 Å². The summed E-state index contributed by atoms with van der Waals surface area (Å²) < 4.78 is 56.5. The predicted octanol–water partition coefficient (Wildman–Crippen LogP) is 5.42. The summed E-state index contributed by atoms with van der Waals surface area (Å²) in [7, 11) is -1.21. The molecule has 1 aromatic carbocycles. The third-order valence-corrected chi connectivity index (χ3v) is 9.94. The van der Waals surface area contributed by atoms with E-state index in [0.717, 1.165) is 36.7 Å². The van der Waals surface area contributed by atoms with Gasteiger partial charge in [0.1, 0.15) is 19.2 Å². The molecule has 1 N–H and O–H groups in total.